The fraction of sp³-hybridized carbons (Fsp3) is 0. The maximum atomic E-state index is 1.50. The molecule has 0 nitrogen and oxygen atoms in total. The van der Waals surface area contributed by atoms with Crippen LogP contribution in [0.2, 0.25) is 0 Å². The first-order valence-electron chi connectivity index (χ1n) is 2.09. The van der Waals surface area contributed by atoms with Gasteiger partial charge in [0.1, 0.15) is 0 Å². The molecule has 0 N–H and O–H groups in total. The van der Waals surface area contributed by atoms with E-state index in [0.29, 0.717) is 0 Å². The van der Waals surface area contributed by atoms with Gasteiger partial charge in [-0.1, -0.05) is 45.3 Å². The average molecular weight is 254 g/mol. The molecule has 2 aromatic heterocycles. The Bertz CT molecular complexity index is 221. The summed E-state index contributed by atoms with van der Waals surface area (Å²) in [4.78, 5) is 0. The predicted molar refractivity (Wildman–Crippen MR) is 63.7 cm³/mol. The van der Waals surface area contributed by atoms with Crippen molar-refractivity contribution in [1.29, 1.82) is 0 Å². The molecule has 4 atom stereocenters. The first-order valence-corrected chi connectivity index (χ1v) is 18.8. The van der Waals surface area contributed by atoms with Crippen LogP contribution in [0.15, 0.2) is 0 Å². The standard InChI is InChI=1S/H6P8/c1-3-7-5-2-6-8(7)4-1/h1-6H. The second kappa shape index (κ2) is 3.20. The summed E-state index contributed by atoms with van der Waals surface area (Å²) in [5.41, 5.74) is 0. The fourth-order valence-electron chi connectivity index (χ4n) is 0.518. The molecule has 0 saturated carbocycles. The number of fused-ring (bicyclic) bond motifs is 1. The van der Waals surface area contributed by atoms with Crippen LogP contribution < -0.4 is 0 Å². The van der Waals surface area contributed by atoms with Crippen molar-refractivity contribution < 1.29 is 0 Å². The zero-order valence-corrected chi connectivity index (χ0v) is 11.7. The molecule has 46 valence electrons. The van der Waals surface area contributed by atoms with Gasteiger partial charge >= 0.3 is 0 Å². The predicted octanol–water partition coefficient (Wildman–Crippen LogP) is 5.28. The zero-order valence-electron chi connectivity index (χ0n) is 3.89. The van der Waals surface area contributed by atoms with Crippen molar-refractivity contribution in [3.63, 3.8) is 0 Å². The Morgan fingerprint density at radius 3 is 1.38 bits per heavy atom. The minimum absolute atomic E-state index is 0.777. The number of rotatable bonds is 0. The largest absolute Gasteiger partial charge is 0.0955 e. The van der Waals surface area contributed by atoms with Gasteiger partial charge in [0.2, 0.25) is 0 Å². The van der Waals surface area contributed by atoms with Gasteiger partial charge in [0.15, 0.2) is 0 Å². The van der Waals surface area contributed by atoms with E-state index in [-0.39, 0.29) is 0 Å². The van der Waals surface area contributed by atoms with Gasteiger partial charge in [0.25, 0.3) is 0 Å². The highest BCUT2D eigenvalue weighted by atomic mass is 32.9. The topological polar surface area (TPSA) is 0 Å². The average Bonchev–Trinajstić information content (AvgIpc) is 2.15. The van der Waals surface area contributed by atoms with E-state index >= 15 is 0 Å². The third-order valence-electron chi connectivity index (χ3n) is 0.847. The lowest BCUT2D eigenvalue weighted by Gasteiger charge is -1.68. The first kappa shape index (κ1) is 7.07. The molecule has 0 aliphatic heterocycles. The lowest BCUT2D eigenvalue weighted by atomic mass is 29.3. The van der Waals surface area contributed by atoms with Gasteiger partial charge < -0.3 is 0 Å². The maximum Gasteiger partial charge on any atom is -0.0274 e. The van der Waals surface area contributed by atoms with Gasteiger partial charge in [-0.2, -0.15) is 0 Å². The van der Waals surface area contributed by atoms with Gasteiger partial charge in [-0.3, -0.25) is 0 Å². The summed E-state index contributed by atoms with van der Waals surface area (Å²) in [6, 6.07) is 0. The van der Waals surface area contributed by atoms with Crippen molar-refractivity contribution >= 4 is 58.0 Å². The van der Waals surface area contributed by atoms with Crippen molar-refractivity contribution in [2.45, 2.75) is 0 Å². The Morgan fingerprint density at radius 1 is 0.625 bits per heavy atom. The molecule has 0 aliphatic rings. The fourth-order valence-corrected chi connectivity index (χ4v) is 126. The lowest BCUT2D eigenvalue weighted by Crippen LogP contribution is -0.771. The van der Waals surface area contributed by atoms with Crippen LogP contribution >= 0.6 is 58.0 Å². The van der Waals surface area contributed by atoms with Gasteiger partial charge in [0, 0.05) is 0 Å². The normalized spacial score (nSPS) is 21.0. The molecular weight excluding hydrogens is 248 g/mol. The smallest absolute Gasteiger partial charge is 0.0274 e. The minimum Gasteiger partial charge on any atom is -0.0955 e. The van der Waals surface area contributed by atoms with Crippen molar-refractivity contribution in [2.75, 3.05) is 0 Å². The minimum atomic E-state index is 0.777. The highest BCUT2D eigenvalue weighted by Gasteiger charge is 1.86. The summed E-state index contributed by atoms with van der Waals surface area (Å²) < 4.78 is 0. The van der Waals surface area contributed by atoms with Crippen LogP contribution in [0.3, 0.4) is 0 Å². The SMILES string of the molecule is [pH]1[pH]p2[pH][pH][pH]p2[pH]1. The summed E-state index contributed by atoms with van der Waals surface area (Å²) in [5, 5.41) is 0. The molecule has 0 aromatic carbocycles. The second-order valence-corrected chi connectivity index (χ2v) is 35.7. The van der Waals surface area contributed by atoms with Crippen LogP contribution in [-0.4, -0.2) is 0 Å². The molecule has 0 radical (unpaired) electrons. The van der Waals surface area contributed by atoms with E-state index < -0.39 is 0 Å². The molecule has 0 bridgehead atoms. The summed E-state index contributed by atoms with van der Waals surface area (Å²) in [6.45, 7) is 0. The van der Waals surface area contributed by atoms with Gasteiger partial charge in [-0.05, 0) is 12.7 Å². The van der Waals surface area contributed by atoms with E-state index in [1.54, 1.807) is 0 Å². The summed E-state index contributed by atoms with van der Waals surface area (Å²) in [5.74, 6) is 0. The van der Waals surface area contributed by atoms with E-state index in [1.165, 1.54) is 45.3 Å². The molecule has 0 spiro atoms. The zero-order chi connectivity index (χ0) is 5.40. The molecule has 0 saturated heterocycles. The van der Waals surface area contributed by atoms with Gasteiger partial charge in [0.05, 0.1) is 0 Å². The van der Waals surface area contributed by atoms with Gasteiger partial charge in [-0.25, -0.2) is 0 Å². The van der Waals surface area contributed by atoms with Crippen LogP contribution in [0.1, 0.15) is 0 Å². The third kappa shape index (κ3) is 1.36. The Hall–Kier alpha value is 2.40. The monoisotopic (exact) mass is 254 g/mol. The molecule has 2 heterocycles. The van der Waals surface area contributed by atoms with Crippen molar-refractivity contribution in [3.05, 3.63) is 0 Å². The highest BCUT2D eigenvalue weighted by molar-refractivity contribution is 8.84. The molecule has 8 heavy (non-hydrogen) atoms. The molecule has 8 heteroatoms. The second-order valence-electron chi connectivity index (χ2n) is 1.32. The van der Waals surface area contributed by atoms with Crippen LogP contribution in [0, 0.1) is 0 Å². The molecule has 4 unspecified atom stereocenters. The van der Waals surface area contributed by atoms with Crippen LogP contribution in [0.5, 0.6) is 0 Å². The quantitative estimate of drug-likeness (QED) is 0.599. The summed E-state index contributed by atoms with van der Waals surface area (Å²) in [6.07, 6.45) is 1.55. The Labute approximate surface area is 58.2 Å². The summed E-state index contributed by atoms with van der Waals surface area (Å²) >= 11 is 0. The summed E-state index contributed by atoms with van der Waals surface area (Å²) in [7, 11) is 8.93. The van der Waals surface area contributed by atoms with Crippen LogP contribution in [0.25, 0.3) is 0 Å². The highest BCUT2D eigenvalue weighted by Crippen LogP contribution is 2.78. The molecule has 2 rings (SSSR count). The molecule has 0 aliphatic carbocycles. The number of hydrogen-bond acceptors (Lipinski definition) is 0. The molecular formula is H6P8. The third-order valence-corrected chi connectivity index (χ3v) is 68.6. The lowest BCUT2D eigenvalue weighted by molar-refractivity contribution is 5.29. The van der Waals surface area contributed by atoms with E-state index in [0.717, 1.165) is 12.7 Å². The van der Waals surface area contributed by atoms with Crippen molar-refractivity contribution in [2.24, 2.45) is 0 Å². The first-order chi connectivity index (χ1) is 3.97. The Morgan fingerprint density at radius 2 is 1.00 bits per heavy atom. The van der Waals surface area contributed by atoms with E-state index in [4.69, 9.17) is 0 Å². The Balaban J connectivity index is 3.06. The van der Waals surface area contributed by atoms with Crippen LogP contribution in [0.4, 0.5) is 0 Å². The van der Waals surface area contributed by atoms with Gasteiger partial charge in [-0.15, -0.1) is 0 Å². The van der Waals surface area contributed by atoms with Crippen LogP contribution in [-0.2, 0) is 0 Å². The van der Waals surface area contributed by atoms with Crippen molar-refractivity contribution in [1.82, 2.24) is 0 Å². The molecule has 0 fully saturated rings. The molecule has 0 amide bonds. The number of hydrogen-bond donors (Lipinski definition) is 0. The Kier molecular flexibility index (Phi) is 2.83. The van der Waals surface area contributed by atoms with E-state index in [9.17, 15) is 0 Å². The maximum absolute atomic E-state index is 1.50. The van der Waals surface area contributed by atoms with Crippen molar-refractivity contribution in [3.8, 4) is 0 Å². The van der Waals surface area contributed by atoms with E-state index in [1.807, 2.05) is 0 Å². The van der Waals surface area contributed by atoms with E-state index in [2.05, 4.69) is 0 Å². The molecule has 2 aromatic rings.